The van der Waals surface area contributed by atoms with Crippen LogP contribution in [0.5, 0.6) is 5.75 Å². The minimum absolute atomic E-state index is 0.0822. The number of ether oxygens (including phenoxy) is 1. The van der Waals surface area contributed by atoms with Crippen LogP contribution in [0.15, 0.2) is 48.5 Å². The molecule has 0 saturated heterocycles. The second-order valence-electron chi connectivity index (χ2n) is 4.80. The predicted octanol–water partition coefficient (Wildman–Crippen LogP) is 3.90. The Bertz CT molecular complexity index is 693. The van der Waals surface area contributed by atoms with E-state index in [1.54, 1.807) is 23.5 Å². The zero-order valence-electron chi connectivity index (χ0n) is 11.3. The third kappa shape index (κ3) is 3.73. The first-order chi connectivity index (χ1) is 10.2. The first kappa shape index (κ1) is 14.3. The summed E-state index contributed by atoms with van der Waals surface area (Å²) in [6, 6.07) is 15.3. The van der Waals surface area contributed by atoms with Gasteiger partial charge in [0, 0.05) is 17.5 Å². The lowest BCUT2D eigenvalue weighted by Gasteiger charge is -2.11. The second-order valence-corrected chi connectivity index (χ2v) is 6.36. The molecule has 1 aromatic heterocycles. The van der Waals surface area contributed by atoms with Crippen LogP contribution in [0.1, 0.15) is 5.01 Å². The van der Waals surface area contributed by atoms with E-state index in [9.17, 15) is 0 Å². The van der Waals surface area contributed by atoms with Crippen LogP contribution in [0, 0.1) is 0 Å². The Morgan fingerprint density at radius 2 is 1.90 bits per heavy atom. The highest BCUT2D eigenvalue weighted by Gasteiger charge is 2.09. The summed E-state index contributed by atoms with van der Waals surface area (Å²) in [4.78, 5) is 4.58. The van der Waals surface area contributed by atoms with Crippen LogP contribution < -0.4 is 10.5 Å². The summed E-state index contributed by atoms with van der Waals surface area (Å²) in [6.07, 6.45) is 0.715. The maximum atomic E-state index is 6.12. The molecule has 2 aromatic carbocycles. The molecule has 0 amide bonds. The van der Waals surface area contributed by atoms with E-state index in [1.165, 1.54) is 4.70 Å². The molecule has 3 rings (SSSR count). The van der Waals surface area contributed by atoms with E-state index in [0.717, 1.165) is 16.3 Å². The normalized spacial score (nSPS) is 12.5. The Balaban J connectivity index is 1.58. The Kier molecular flexibility index (Phi) is 4.39. The molecule has 0 spiro atoms. The standard InChI is InChI=1S/C16H15ClN2OS/c17-11-5-7-13(8-6-11)20-10-12(18)9-16-19-14-3-1-2-4-15(14)21-16/h1-8,12H,9-10,18H2. The van der Waals surface area contributed by atoms with Crippen LogP contribution in [0.25, 0.3) is 10.2 Å². The summed E-state index contributed by atoms with van der Waals surface area (Å²) in [7, 11) is 0. The summed E-state index contributed by atoms with van der Waals surface area (Å²) in [5.74, 6) is 0.777. The van der Waals surface area contributed by atoms with Crippen LogP contribution in [-0.4, -0.2) is 17.6 Å². The highest BCUT2D eigenvalue weighted by atomic mass is 35.5. The van der Waals surface area contributed by atoms with E-state index in [4.69, 9.17) is 22.1 Å². The lowest BCUT2D eigenvalue weighted by atomic mass is 10.2. The SMILES string of the molecule is NC(COc1ccc(Cl)cc1)Cc1nc2ccccc2s1. The number of benzene rings is 2. The van der Waals surface area contributed by atoms with E-state index in [-0.39, 0.29) is 6.04 Å². The summed E-state index contributed by atoms with van der Waals surface area (Å²) < 4.78 is 6.86. The fourth-order valence-electron chi connectivity index (χ4n) is 2.02. The van der Waals surface area contributed by atoms with Crippen molar-refractivity contribution in [3.63, 3.8) is 0 Å². The van der Waals surface area contributed by atoms with Crippen LogP contribution in [-0.2, 0) is 6.42 Å². The van der Waals surface area contributed by atoms with Crippen molar-refractivity contribution in [3.8, 4) is 5.75 Å². The van der Waals surface area contributed by atoms with E-state index in [0.29, 0.717) is 18.1 Å². The molecule has 2 N–H and O–H groups in total. The van der Waals surface area contributed by atoms with Gasteiger partial charge in [0.1, 0.15) is 12.4 Å². The smallest absolute Gasteiger partial charge is 0.119 e. The molecule has 0 aliphatic carbocycles. The maximum absolute atomic E-state index is 6.12. The molecule has 3 aromatic rings. The topological polar surface area (TPSA) is 48.1 Å². The minimum atomic E-state index is -0.0822. The molecule has 0 aliphatic heterocycles. The molecule has 3 nitrogen and oxygen atoms in total. The lowest BCUT2D eigenvalue weighted by molar-refractivity contribution is 0.287. The third-order valence-electron chi connectivity index (χ3n) is 3.05. The molecular formula is C16H15ClN2OS. The molecule has 1 unspecified atom stereocenters. The number of hydrogen-bond acceptors (Lipinski definition) is 4. The number of rotatable bonds is 5. The monoisotopic (exact) mass is 318 g/mol. The van der Waals surface area contributed by atoms with Gasteiger partial charge < -0.3 is 10.5 Å². The molecule has 0 aliphatic rings. The fourth-order valence-corrected chi connectivity index (χ4v) is 3.21. The van der Waals surface area contributed by atoms with Crippen molar-refractivity contribution in [1.82, 2.24) is 4.98 Å². The van der Waals surface area contributed by atoms with E-state index in [1.807, 2.05) is 30.3 Å². The third-order valence-corrected chi connectivity index (χ3v) is 4.36. The van der Waals surface area contributed by atoms with Crippen LogP contribution in [0.4, 0.5) is 0 Å². The maximum Gasteiger partial charge on any atom is 0.119 e. The van der Waals surface area contributed by atoms with Crippen LogP contribution >= 0.6 is 22.9 Å². The molecule has 0 fully saturated rings. The highest BCUT2D eigenvalue weighted by Crippen LogP contribution is 2.22. The molecular weight excluding hydrogens is 304 g/mol. The largest absolute Gasteiger partial charge is 0.492 e. The van der Waals surface area contributed by atoms with Gasteiger partial charge >= 0.3 is 0 Å². The van der Waals surface area contributed by atoms with E-state index < -0.39 is 0 Å². The van der Waals surface area contributed by atoms with Gasteiger partial charge in [0.25, 0.3) is 0 Å². The summed E-state index contributed by atoms with van der Waals surface area (Å²) in [5, 5.41) is 1.74. The molecule has 21 heavy (non-hydrogen) atoms. The number of hydrogen-bond donors (Lipinski definition) is 1. The van der Waals surface area contributed by atoms with Crippen molar-refractivity contribution < 1.29 is 4.74 Å². The van der Waals surface area contributed by atoms with Crippen molar-refractivity contribution in [2.75, 3.05) is 6.61 Å². The Hall–Kier alpha value is -1.62. The average Bonchev–Trinajstić information content (AvgIpc) is 2.88. The Morgan fingerprint density at radius 1 is 1.14 bits per heavy atom. The molecule has 1 heterocycles. The number of aromatic nitrogens is 1. The van der Waals surface area contributed by atoms with Gasteiger partial charge in [0.2, 0.25) is 0 Å². The second kappa shape index (κ2) is 6.43. The molecule has 1 atom stereocenters. The van der Waals surface area contributed by atoms with Gasteiger partial charge in [0.05, 0.1) is 15.2 Å². The quantitative estimate of drug-likeness (QED) is 0.776. The van der Waals surface area contributed by atoms with Gasteiger partial charge in [-0.3, -0.25) is 0 Å². The van der Waals surface area contributed by atoms with Crippen molar-refractivity contribution in [2.24, 2.45) is 5.73 Å². The van der Waals surface area contributed by atoms with Gasteiger partial charge in [-0.05, 0) is 36.4 Å². The van der Waals surface area contributed by atoms with Crippen LogP contribution in [0.3, 0.4) is 0 Å². The minimum Gasteiger partial charge on any atom is -0.492 e. The lowest BCUT2D eigenvalue weighted by Crippen LogP contribution is -2.30. The molecule has 0 bridgehead atoms. The van der Waals surface area contributed by atoms with Crippen molar-refractivity contribution in [1.29, 1.82) is 0 Å². The van der Waals surface area contributed by atoms with E-state index in [2.05, 4.69) is 11.1 Å². The van der Waals surface area contributed by atoms with Gasteiger partial charge in [-0.1, -0.05) is 23.7 Å². The number of halogens is 1. The number of thiazole rings is 1. The summed E-state index contributed by atoms with van der Waals surface area (Å²) in [6.45, 7) is 0.456. The first-order valence-corrected chi connectivity index (χ1v) is 7.88. The Labute approximate surface area is 132 Å². The van der Waals surface area contributed by atoms with Gasteiger partial charge in [-0.25, -0.2) is 4.98 Å². The van der Waals surface area contributed by atoms with Crippen molar-refractivity contribution >= 4 is 33.2 Å². The number of fused-ring (bicyclic) bond motifs is 1. The van der Waals surface area contributed by atoms with E-state index >= 15 is 0 Å². The average molecular weight is 319 g/mol. The fraction of sp³-hybridized carbons (Fsp3) is 0.188. The van der Waals surface area contributed by atoms with Crippen molar-refractivity contribution in [3.05, 3.63) is 58.6 Å². The Morgan fingerprint density at radius 3 is 2.67 bits per heavy atom. The molecule has 5 heteroatoms. The van der Waals surface area contributed by atoms with Gasteiger partial charge in [-0.2, -0.15) is 0 Å². The zero-order valence-corrected chi connectivity index (χ0v) is 12.9. The van der Waals surface area contributed by atoms with Gasteiger partial charge in [-0.15, -0.1) is 11.3 Å². The number of nitrogens with zero attached hydrogens (tertiary/aromatic N) is 1. The molecule has 0 saturated carbocycles. The predicted molar refractivity (Wildman–Crippen MR) is 88.2 cm³/mol. The first-order valence-electron chi connectivity index (χ1n) is 6.69. The summed E-state index contributed by atoms with van der Waals surface area (Å²) >= 11 is 7.52. The van der Waals surface area contributed by atoms with Gasteiger partial charge in [0.15, 0.2) is 0 Å². The highest BCUT2D eigenvalue weighted by molar-refractivity contribution is 7.18. The molecule has 0 radical (unpaired) electrons. The zero-order chi connectivity index (χ0) is 14.7. The molecule has 108 valence electrons. The number of nitrogens with two attached hydrogens (primary N) is 1. The summed E-state index contributed by atoms with van der Waals surface area (Å²) in [5.41, 5.74) is 7.15. The van der Waals surface area contributed by atoms with Crippen LogP contribution in [0.2, 0.25) is 5.02 Å². The number of para-hydroxylation sites is 1. The van der Waals surface area contributed by atoms with Crippen molar-refractivity contribution in [2.45, 2.75) is 12.5 Å².